The molecule has 2 aromatic rings. The van der Waals surface area contributed by atoms with E-state index in [0.717, 1.165) is 18.5 Å². The third kappa shape index (κ3) is 8.68. The van der Waals surface area contributed by atoms with Crippen molar-refractivity contribution in [2.24, 2.45) is 5.73 Å². The molecule has 26 heavy (non-hydrogen) atoms. The molecule has 1 amide bonds. The first-order valence-electron chi connectivity index (χ1n) is 8.33. The number of halogens is 2. The maximum Gasteiger partial charge on any atom is 0.222 e. The highest BCUT2D eigenvalue weighted by molar-refractivity contribution is 5.85. The van der Waals surface area contributed by atoms with Crippen LogP contribution in [0.4, 0.5) is 0 Å². The summed E-state index contributed by atoms with van der Waals surface area (Å²) in [6.07, 6.45) is 1.11. The molecule has 0 aliphatic carbocycles. The summed E-state index contributed by atoms with van der Waals surface area (Å²) in [5.41, 5.74) is 8.36. The second-order valence-corrected chi connectivity index (χ2v) is 6.44. The molecule has 0 spiro atoms. The minimum atomic E-state index is -0.275. The smallest absolute Gasteiger partial charge is 0.222 e. The lowest BCUT2D eigenvalue weighted by atomic mass is 10.0. The third-order valence-electron chi connectivity index (χ3n) is 3.91. The van der Waals surface area contributed by atoms with E-state index in [0.29, 0.717) is 6.42 Å². The number of carbonyl (C=O) groups excluding carboxylic acids is 1. The molecule has 2 aromatic carbocycles. The fourth-order valence-corrected chi connectivity index (χ4v) is 2.81. The lowest BCUT2D eigenvalue weighted by Gasteiger charge is -2.23. The van der Waals surface area contributed by atoms with Crippen LogP contribution in [0.3, 0.4) is 0 Å². The number of nitrogens with one attached hydrogen (secondary N) is 1. The highest BCUT2D eigenvalue weighted by atomic mass is 35.5. The molecule has 0 bridgehead atoms. The first-order valence-corrected chi connectivity index (χ1v) is 8.33. The van der Waals surface area contributed by atoms with E-state index < -0.39 is 0 Å². The Morgan fingerprint density at radius 1 is 1.00 bits per heavy atom. The van der Waals surface area contributed by atoms with E-state index in [1.807, 2.05) is 62.6 Å². The van der Waals surface area contributed by atoms with Gasteiger partial charge in [0.15, 0.2) is 0 Å². The fourth-order valence-electron chi connectivity index (χ4n) is 2.81. The summed E-state index contributed by atoms with van der Waals surface area (Å²) in [7, 11) is 4.03. The van der Waals surface area contributed by atoms with E-state index in [9.17, 15) is 4.79 Å². The van der Waals surface area contributed by atoms with Gasteiger partial charge in [-0.05, 0) is 31.6 Å². The molecule has 2 rings (SSSR count). The van der Waals surface area contributed by atoms with Crippen LogP contribution >= 0.6 is 24.8 Å². The van der Waals surface area contributed by atoms with Crippen molar-refractivity contribution in [2.75, 3.05) is 20.6 Å². The van der Waals surface area contributed by atoms with Gasteiger partial charge in [0.1, 0.15) is 0 Å². The molecule has 0 fully saturated rings. The minimum Gasteiger partial charge on any atom is -0.352 e. The van der Waals surface area contributed by atoms with Crippen LogP contribution in [-0.4, -0.2) is 37.5 Å². The van der Waals surface area contributed by atoms with Crippen molar-refractivity contribution in [2.45, 2.75) is 24.9 Å². The second kappa shape index (κ2) is 12.7. The SMILES string of the molecule is CN(C)CC(Cc1ccccc1)NC(=O)CC(N)c1ccccc1.Cl.Cl. The fraction of sp³-hybridized carbons (Fsp3) is 0.350. The zero-order chi connectivity index (χ0) is 17.4. The molecule has 0 aliphatic heterocycles. The van der Waals surface area contributed by atoms with E-state index in [4.69, 9.17) is 5.73 Å². The van der Waals surface area contributed by atoms with E-state index >= 15 is 0 Å². The first-order chi connectivity index (χ1) is 11.5. The molecule has 0 aromatic heterocycles. The molecule has 0 saturated heterocycles. The molecule has 6 heteroatoms. The van der Waals surface area contributed by atoms with Gasteiger partial charge in [-0.2, -0.15) is 0 Å². The number of rotatable bonds is 8. The largest absolute Gasteiger partial charge is 0.352 e. The van der Waals surface area contributed by atoms with Gasteiger partial charge in [0, 0.05) is 25.0 Å². The summed E-state index contributed by atoms with van der Waals surface area (Å²) in [6, 6.07) is 19.8. The number of benzene rings is 2. The van der Waals surface area contributed by atoms with Gasteiger partial charge in [-0.1, -0.05) is 60.7 Å². The van der Waals surface area contributed by atoms with E-state index in [1.165, 1.54) is 5.56 Å². The molecular weight excluding hydrogens is 369 g/mol. The van der Waals surface area contributed by atoms with Gasteiger partial charge in [-0.15, -0.1) is 24.8 Å². The standard InChI is InChI=1S/C20H27N3O.2ClH/c1-23(2)15-18(13-16-9-5-3-6-10-16)22-20(24)14-19(21)17-11-7-4-8-12-17;;/h3-12,18-19H,13-15,21H2,1-2H3,(H,22,24);2*1H. The zero-order valence-corrected chi connectivity index (χ0v) is 16.9. The molecule has 0 radical (unpaired) electrons. The molecule has 3 N–H and O–H groups in total. The Morgan fingerprint density at radius 3 is 2.08 bits per heavy atom. The van der Waals surface area contributed by atoms with Gasteiger partial charge in [-0.25, -0.2) is 0 Å². The number of hydrogen-bond donors (Lipinski definition) is 2. The third-order valence-corrected chi connectivity index (χ3v) is 3.91. The van der Waals surface area contributed by atoms with Crippen LogP contribution in [-0.2, 0) is 11.2 Å². The van der Waals surface area contributed by atoms with Crippen molar-refractivity contribution in [3.8, 4) is 0 Å². The van der Waals surface area contributed by atoms with E-state index in [1.54, 1.807) is 0 Å². The highest BCUT2D eigenvalue weighted by Crippen LogP contribution is 2.13. The van der Waals surface area contributed by atoms with Crippen LogP contribution in [0, 0.1) is 0 Å². The van der Waals surface area contributed by atoms with Gasteiger partial charge in [0.2, 0.25) is 5.91 Å². The van der Waals surface area contributed by atoms with Crippen molar-refractivity contribution >= 4 is 30.7 Å². The Morgan fingerprint density at radius 2 is 1.54 bits per heavy atom. The van der Waals surface area contributed by atoms with Crippen LogP contribution in [0.25, 0.3) is 0 Å². The average Bonchev–Trinajstić information content (AvgIpc) is 2.55. The van der Waals surface area contributed by atoms with Crippen molar-refractivity contribution < 1.29 is 4.79 Å². The summed E-state index contributed by atoms with van der Waals surface area (Å²) < 4.78 is 0. The number of nitrogens with zero attached hydrogens (tertiary/aromatic N) is 1. The molecule has 0 aliphatic rings. The predicted molar refractivity (Wildman–Crippen MR) is 113 cm³/mol. The van der Waals surface area contributed by atoms with Crippen molar-refractivity contribution in [1.29, 1.82) is 0 Å². The Labute approximate surface area is 169 Å². The van der Waals surface area contributed by atoms with Crippen LogP contribution in [0.2, 0.25) is 0 Å². The van der Waals surface area contributed by atoms with Crippen molar-refractivity contribution in [3.63, 3.8) is 0 Å². The second-order valence-electron chi connectivity index (χ2n) is 6.44. The Hall–Kier alpha value is -1.59. The van der Waals surface area contributed by atoms with Crippen LogP contribution in [0.1, 0.15) is 23.6 Å². The lowest BCUT2D eigenvalue weighted by Crippen LogP contribution is -2.43. The molecule has 0 saturated carbocycles. The number of likely N-dealkylation sites (N-methyl/N-ethyl adjacent to an activating group) is 1. The zero-order valence-electron chi connectivity index (χ0n) is 15.3. The number of amides is 1. The van der Waals surface area contributed by atoms with Gasteiger partial charge < -0.3 is 16.0 Å². The van der Waals surface area contributed by atoms with E-state index in [-0.39, 0.29) is 42.8 Å². The summed E-state index contributed by atoms with van der Waals surface area (Å²) in [5, 5.41) is 3.14. The van der Waals surface area contributed by atoms with E-state index in [2.05, 4.69) is 22.3 Å². The number of hydrogen-bond acceptors (Lipinski definition) is 3. The van der Waals surface area contributed by atoms with Gasteiger partial charge in [0.25, 0.3) is 0 Å². The number of nitrogens with two attached hydrogens (primary N) is 1. The predicted octanol–water partition coefficient (Wildman–Crippen LogP) is 3.21. The Balaban J connectivity index is 0.00000312. The molecule has 144 valence electrons. The summed E-state index contributed by atoms with van der Waals surface area (Å²) in [6.45, 7) is 0.793. The molecular formula is C20H29Cl2N3O. The lowest BCUT2D eigenvalue weighted by molar-refractivity contribution is -0.122. The summed E-state index contributed by atoms with van der Waals surface area (Å²) in [4.78, 5) is 14.5. The van der Waals surface area contributed by atoms with Gasteiger partial charge in [-0.3, -0.25) is 4.79 Å². The molecule has 2 atom stereocenters. The van der Waals surface area contributed by atoms with Crippen molar-refractivity contribution in [1.82, 2.24) is 10.2 Å². The van der Waals surface area contributed by atoms with Crippen LogP contribution in [0.15, 0.2) is 60.7 Å². The maximum atomic E-state index is 12.4. The van der Waals surface area contributed by atoms with Crippen molar-refractivity contribution in [3.05, 3.63) is 71.8 Å². The van der Waals surface area contributed by atoms with Gasteiger partial charge in [0.05, 0.1) is 0 Å². The first kappa shape index (κ1) is 24.4. The monoisotopic (exact) mass is 397 g/mol. The topological polar surface area (TPSA) is 58.4 Å². The average molecular weight is 398 g/mol. The summed E-state index contributed by atoms with van der Waals surface area (Å²) in [5.74, 6) is -0.00543. The normalized spacial score (nSPS) is 12.5. The van der Waals surface area contributed by atoms with Crippen LogP contribution < -0.4 is 11.1 Å². The molecule has 4 nitrogen and oxygen atoms in total. The molecule has 0 heterocycles. The number of carbonyl (C=O) groups is 1. The Bertz CT molecular complexity index is 623. The van der Waals surface area contributed by atoms with Gasteiger partial charge >= 0.3 is 0 Å². The minimum absolute atomic E-state index is 0. The Kier molecular flexibility index (Phi) is 11.9. The van der Waals surface area contributed by atoms with Crippen LogP contribution in [0.5, 0.6) is 0 Å². The maximum absolute atomic E-state index is 12.4. The quantitative estimate of drug-likeness (QED) is 0.718. The summed E-state index contributed by atoms with van der Waals surface area (Å²) >= 11 is 0. The highest BCUT2D eigenvalue weighted by Gasteiger charge is 2.17. The molecule has 2 unspecified atom stereocenters.